The van der Waals surface area contributed by atoms with Crippen LogP contribution in [0.4, 0.5) is 8.78 Å². The molecule has 0 fully saturated rings. The number of ether oxygens (including phenoxy) is 1. The van der Waals surface area contributed by atoms with Crippen molar-refractivity contribution < 1.29 is 18.3 Å². The summed E-state index contributed by atoms with van der Waals surface area (Å²) in [6.07, 6.45) is 2.94. The van der Waals surface area contributed by atoms with Crippen LogP contribution in [0.15, 0.2) is 18.2 Å². The molecule has 0 aromatic heterocycles. The molecule has 0 saturated carbocycles. The Morgan fingerprint density at radius 3 is 2.38 bits per heavy atom. The molecule has 0 aliphatic heterocycles. The third-order valence-electron chi connectivity index (χ3n) is 2.05. The van der Waals surface area contributed by atoms with Crippen molar-refractivity contribution in [1.82, 2.24) is 0 Å². The average molecular weight is 228 g/mol. The number of rotatable bonds is 5. The molecule has 1 rings (SSSR count). The Balaban J connectivity index is 2.49. The molecule has 0 amide bonds. The van der Waals surface area contributed by atoms with E-state index >= 15 is 0 Å². The van der Waals surface area contributed by atoms with Gasteiger partial charge in [-0.1, -0.05) is 19.8 Å². The molecule has 16 heavy (non-hydrogen) atoms. The number of unbranched alkanes of at least 4 members (excludes halogenated alkanes) is 2. The first-order valence-corrected chi connectivity index (χ1v) is 5.28. The number of benzene rings is 1. The second-order valence-electron chi connectivity index (χ2n) is 3.54. The summed E-state index contributed by atoms with van der Waals surface area (Å²) in [4.78, 5) is 11.2. The number of halogens is 2. The zero-order valence-electron chi connectivity index (χ0n) is 9.13. The van der Waals surface area contributed by atoms with E-state index in [1.807, 2.05) is 6.92 Å². The molecule has 0 bridgehead atoms. The van der Waals surface area contributed by atoms with Crippen LogP contribution in [0, 0.1) is 11.6 Å². The maximum absolute atomic E-state index is 12.8. The van der Waals surface area contributed by atoms with Crippen molar-refractivity contribution in [3.05, 3.63) is 29.8 Å². The van der Waals surface area contributed by atoms with Crippen molar-refractivity contribution in [2.45, 2.75) is 32.6 Å². The lowest BCUT2D eigenvalue weighted by Crippen LogP contribution is -2.07. The SMILES string of the molecule is CCCCCC(=O)Oc1cc(F)cc(F)c1. The van der Waals surface area contributed by atoms with E-state index in [0.717, 1.165) is 37.5 Å². The number of carbonyl (C=O) groups excluding carboxylic acids is 1. The van der Waals surface area contributed by atoms with Gasteiger partial charge in [0.1, 0.15) is 17.4 Å². The van der Waals surface area contributed by atoms with Crippen LogP contribution in [0.5, 0.6) is 5.75 Å². The summed E-state index contributed by atoms with van der Waals surface area (Å²) in [5, 5.41) is 0. The summed E-state index contributed by atoms with van der Waals surface area (Å²) in [5.74, 6) is -2.05. The first-order valence-electron chi connectivity index (χ1n) is 5.28. The van der Waals surface area contributed by atoms with Gasteiger partial charge in [-0.25, -0.2) is 8.78 Å². The monoisotopic (exact) mass is 228 g/mol. The maximum atomic E-state index is 12.8. The van der Waals surface area contributed by atoms with Crippen molar-refractivity contribution in [2.75, 3.05) is 0 Å². The summed E-state index contributed by atoms with van der Waals surface area (Å²) >= 11 is 0. The Morgan fingerprint density at radius 1 is 1.19 bits per heavy atom. The fourth-order valence-electron chi connectivity index (χ4n) is 1.29. The van der Waals surface area contributed by atoms with Crippen molar-refractivity contribution in [2.24, 2.45) is 0 Å². The standard InChI is InChI=1S/C12H14F2O2/c1-2-3-4-5-12(15)16-11-7-9(13)6-10(14)8-11/h6-8H,2-5H2,1H3. The van der Waals surface area contributed by atoms with Gasteiger partial charge in [-0.2, -0.15) is 0 Å². The second-order valence-corrected chi connectivity index (χ2v) is 3.54. The molecule has 0 N–H and O–H groups in total. The molecule has 88 valence electrons. The van der Waals surface area contributed by atoms with Gasteiger partial charge >= 0.3 is 5.97 Å². The van der Waals surface area contributed by atoms with Crippen molar-refractivity contribution in [3.63, 3.8) is 0 Å². The quantitative estimate of drug-likeness (QED) is 0.438. The Hall–Kier alpha value is -1.45. The molecule has 0 aliphatic rings. The van der Waals surface area contributed by atoms with Gasteiger partial charge in [-0.15, -0.1) is 0 Å². The summed E-state index contributed by atoms with van der Waals surface area (Å²) in [6, 6.07) is 2.70. The molecule has 1 aromatic carbocycles. The smallest absolute Gasteiger partial charge is 0.311 e. The van der Waals surface area contributed by atoms with Crippen LogP contribution in [0.1, 0.15) is 32.6 Å². The maximum Gasteiger partial charge on any atom is 0.311 e. The van der Waals surface area contributed by atoms with Gasteiger partial charge in [-0.3, -0.25) is 4.79 Å². The lowest BCUT2D eigenvalue weighted by Gasteiger charge is -2.04. The highest BCUT2D eigenvalue weighted by molar-refractivity contribution is 5.72. The van der Waals surface area contributed by atoms with Gasteiger partial charge in [0.2, 0.25) is 0 Å². The Bertz CT molecular complexity index is 344. The van der Waals surface area contributed by atoms with Gasteiger partial charge in [0.25, 0.3) is 0 Å². The van der Waals surface area contributed by atoms with E-state index in [9.17, 15) is 13.6 Å². The fourth-order valence-corrected chi connectivity index (χ4v) is 1.29. The number of hydrogen-bond donors (Lipinski definition) is 0. The summed E-state index contributed by atoms with van der Waals surface area (Å²) in [6.45, 7) is 2.02. The molecular formula is C12H14F2O2. The first kappa shape index (κ1) is 12.6. The highest BCUT2D eigenvalue weighted by Crippen LogP contribution is 2.16. The van der Waals surface area contributed by atoms with Crippen molar-refractivity contribution in [1.29, 1.82) is 0 Å². The topological polar surface area (TPSA) is 26.3 Å². The van der Waals surface area contributed by atoms with E-state index in [1.165, 1.54) is 0 Å². The number of esters is 1. The fraction of sp³-hybridized carbons (Fsp3) is 0.417. The van der Waals surface area contributed by atoms with Crippen LogP contribution < -0.4 is 4.74 Å². The predicted molar refractivity (Wildman–Crippen MR) is 56.1 cm³/mol. The third kappa shape index (κ3) is 4.38. The number of hydrogen-bond acceptors (Lipinski definition) is 2. The lowest BCUT2D eigenvalue weighted by molar-refractivity contribution is -0.134. The molecule has 0 unspecified atom stereocenters. The van der Waals surface area contributed by atoms with Crippen LogP contribution in [0.2, 0.25) is 0 Å². The van der Waals surface area contributed by atoms with Crippen molar-refractivity contribution in [3.8, 4) is 5.75 Å². The summed E-state index contributed by atoms with van der Waals surface area (Å²) in [5.41, 5.74) is 0. The van der Waals surface area contributed by atoms with E-state index in [4.69, 9.17) is 4.74 Å². The average Bonchev–Trinajstić information content (AvgIpc) is 2.16. The highest BCUT2D eigenvalue weighted by atomic mass is 19.1. The molecule has 0 radical (unpaired) electrons. The van der Waals surface area contributed by atoms with E-state index < -0.39 is 17.6 Å². The summed E-state index contributed by atoms with van der Waals surface area (Å²) < 4.78 is 30.3. The van der Waals surface area contributed by atoms with Gasteiger partial charge < -0.3 is 4.74 Å². The van der Waals surface area contributed by atoms with E-state index in [-0.39, 0.29) is 12.2 Å². The van der Waals surface area contributed by atoms with E-state index in [0.29, 0.717) is 0 Å². The molecular weight excluding hydrogens is 214 g/mol. The Morgan fingerprint density at radius 2 is 1.81 bits per heavy atom. The minimum atomic E-state index is -0.753. The molecule has 2 nitrogen and oxygen atoms in total. The van der Waals surface area contributed by atoms with Crippen LogP contribution in [-0.2, 0) is 4.79 Å². The molecule has 0 heterocycles. The van der Waals surface area contributed by atoms with Crippen molar-refractivity contribution >= 4 is 5.97 Å². The van der Waals surface area contributed by atoms with Gasteiger partial charge in [0.15, 0.2) is 0 Å². The minimum absolute atomic E-state index is 0.0843. The molecule has 0 aliphatic carbocycles. The van der Waals surface area contributed by atoms with Gasteiger partial charge in [0, 0.05) is 24.6 Å². The van der Waals surface area contributed by atoms with Crippen LogP contribution in [0.25, 0.3) is 0 Å². The number of carbonyl (C=O) groups is 1. The second kappa shape index (κ2) is 6.20. The van der Waals surface area contributed by atoms with Crippen LogP contribution in [-0.4, -0.2) is 5.97 Å². The largest absolute Gasteiger partial charge is 0.426 e. The van der Waals surface area contributed by atoms with Gasteiger partial charge in [-0.05, 0) is 6.42 Å². The summed E-state index contributed by atoms with van der Waals surface area (Å²) in [7, 11) is 0. The minimum Gasteiger partial charge on any atom is -0.426 e. The first-order chi connectivity index (χ1) is 7.61. The lowest BCUT2D eigenvalue weighted by atomic mass is 10.2. The highest BCUT2D eigenvalue weighted by Gasteiger charge is 2.07. The zero-order valence-corrected chi connectivity index (χ0v) is 9.13. The van der Waals surface area contributed by atoms with Crippen LogP contribution >= 0.6 is 0 Å². The molecule has 4 heteroatoms. The van der Waals surface area contributed by atoms with Gasteiger partial charge in [0.05, 0.1) is 0 Å². The molecule has 0 atom stereocenters. The van der Waals surface area contributed by atoms with E-state index in [2.05, 4.69) is 0 Å². The Labute approximate surface area is 93.2 Å². The molecule has 1 aromatic rings. The molecule has 0 saturated heterocycles. The third-order valence-corrected chi connectivity index (χ3v) is 2.05. The van der Waals surface area contributed by atoms with E-state index in [1.54, 1.807) is 0 Å². The normalized spacial score (nSPS) is 10.2. The van der Waals surface area contributed by atoms with Crippen LogP contribution in [0.3, 0.4) is 0 Å². The predicted octanol–water partition coefficient (Wildman–Crippen LogP) is 3.45. The zero-order chi connectivity index (χ0) is 12.0. The Kier molecular flexibility index (Phi) is 4.89. The molecule has 0 spiro atoms.